The molecule has 84 valence electrons. The van der Waals surface area contributed by atoms with Crippen molar-refractivity contribution in [2.45, 2.75) is 47.9 Å². The van der Waals surface area contributed by atoms with E-state index in [2.05, 4.69) is 0 Å². The van der Waals surface area contributed by atoms with E-state index in [4.69, 9.17) is 55.9 Å². The molecule has 14 heavy (non-hydrogen) atoms. The van der Waals surface area contributed by atoms with Crippen LogP contribution >= 0.6 is 46.4 Å². The molecular formula is C8H12Cl4O2. The molecule has 0 saturated carbocycles. The van der Waals surface area contributed by atoms with Gasteiger partial charge in [0.1, 0.15) is 0 Å². The minimum atomic E-state index is -1.24. The third-order valence-electron chi connectivity index (χ3n) is 2.36. The number of rotatable bonds is 0. The van der Waals surface area contributed by atoms with Crippen LogP contribution in [-0.2, 0) is 9.47 Å². The van der Waals surface area contributed by atoms with Crippen LogP contribution in [0.15, 0.2) is 0 Å². The molecule has 1 fully saturated rings. The Bertz CT molecular complexity index is 198. The molecular weight excluding hydrogens is 270 g/mol. The van der Waals surface area contributed by atoms with Gasteiger partial charge < -0.3 is 9.47 Å². The first kappa shape index (κ1) is 13.1. The molecule has 6 heteroatoms. The van der Waals surface area contributed by atoms with E-state index in [1.165, 1.54) is 0 Å². The van der Waals surface area contributed by atoms with Crippen molar-refractivity contribution in [3.05, 3.63) is 0 Å². The molecule has 0 N–H and O–H groups in total. The maximum atomic E-state index is 6.05. The van der Waals surface area contributed by atoms with Crippen LogP contribution in [0.3, 0.4) is 0 Å². The number of hydrogen-bond acceptors (Lipinski definition) is 2. The van der Waals surface area contributed by atoms with Gasteiger partial charge in [-0.15, -0.1) is 0 Å². The summed E-state index contributed by atoms with van der Waals surface area (Å²) < 4.78 is 10.9. The van der Waals surface area contributed by atoms with Crippen LogP contribution in [0.25, 0.3) is 0 Å². The molecule has 0 amide bonds. The topological polar surface area (TPSA) is 18.5 Å². The summed E-state index contributed by atoms with van der Waals surface area (Å²) in [7, 11) is 0. The minimum Gasteiger partial charge on any atom is -0.330 e. The quantitative estimate of drug-likeness (QED) is 0.628. The third kappa shape index (κ3) is 1.98. The first-order chi connectivity index (χ1) is 5.91. The fourth-order valence-corrected chi connectivity index (χ4v) is 1.94. The lowest BCUT2D eigenvalue weighted by molar-refractivity contribution is -0.268. The van der Waals surface area contributed by atoms with Crippen molar-refractivity contribution in [2.75, 3.05) is 0 Å². The predicted octanol–water partition coefficient (Wildman–Crippen LogP) is 3.85. The molecule has 4 atom stereocenters. The van der Waals surface area contributed by atoms with E-state index in [9.17, 15) is 0 Å². The van der Waals surface area contributed by atoms with Gasteiger partial charge in [0, 0.05) is 0 Å². The number of halogens is 4. The third-order valence-corrected chi connectivity index (χ3v) is 4.31. The summed E-state index contributed by atoms with van der Waals surface area (Å²) in [5, 5.41) is -4.95. The highest BCUT2D eigenvalue weighted by molar-refractivity contribution is 6.36. The molecule has 0 aromatic carbocycles. The first-order valence-corrected chi connectivity index (χ1v) is 5.58. The van der Waals surface area contributed by atoms with Crippen LogP contribution in [0, 0.1) is 0 Å². The summed E-state index contributed by atoms with van der Waals surface area (Å²) in [4.78, 5) is 0. The largest absolute Gasteiger partial charge is 0.330 e. The molecule has 1 aliphatic heterocycles. The molecule has 0 aromatic rings. The van der Waals surface area contributed by atoms with E-state index in [-0.39, 0.29) is 0 Å². The van der Waals surface area contributed by atoms with E-state index in [1.54, 1.807) is 27.7 Å². The Kier molecular flexibility index (Phi) is 3.08. The SMILES string of the molecule is CC1(Cl)OC(C)(Cl)C(C)(Cl)OC1(C)Cl. The van der Waals surface area contributed by atoms with Gasteiger partial charge in [0.05, 0.1) is 0 Å². The Morgan fingerprint density at radius 3 is 0.857 bits per heavy atom. The highest BCUT2D eigenvalue weighted by atomic mass is 35.5. The highest BCUT2D eigenvalue weighted by Gasteiger charge is 2.62. The molecule has 1 heterocycles. The summed E-state index contributed by atoms with van der Waals surface area (Å²) in [5.74, 6) is 0. The van der Waals surface area contributed by atoms with Crippen LogP contribution in [0.1, 0.15) is 27.7 Å². The molecule has 0 bridgehead atoms. The fraction of sp³-hybridized carbons (Fsp3) is 1.00. The summed E-state index contributed by atoms with van der Waals surface area (Å²) in [6.07, 6.45) is 0. The summed E-state index contributed by atoms with van der Waals surface area (Å²) in [6, 6.07) is 0. The Labute approximate surface area is 104 Å². The minimum absolute atomic E-state index is 1.24. The first-order valence-electron chi connectivity index (χ1n) is 4.07. The molecule has 1 saturated heterocycles. The van der Waals surface area contributed by atoms with E-state index in [1.807, 2.05) is 0 Å². The van der Waals surface area contributed by atoms with Gasteiger partial charge in [0.25, 0.3) is 0 Å². The zero-order valence-electron chi connectivity index (χ0n) is 8.33. The van der Waals surface area contributed by atoms with Crippen molar-refractivity contribution in [3.8, 4) is 0 Å². The van der Waals surface area contributed by atoms with Crippen LogP contribution in [0.5, 0.6) is 0 Å². The second kappa shape index (κ2) is 3.28. The lowest BCUT2D eigenvalue weighted by Gasteiger charge is -2.53. The molecule has 1 rings (SSSR count). The van der Waals surface area contributed by atoms with Crippen molar-refractivity contribution in [3.63, 3.8) is 0 Å². The smallest absolute Gasteiger partial charge is 0.183 e. The van der Waals surface area contributed by atoms with Gasteiger partial charge in [-0.3, -0.25) is 0 Å². The van der Waals surface area contributed by atoms with Crippen molar-refractivity contribution in [2.24, 2.45) is 0 Å². The second-order valence-electron chi connectivity index (χ2n) is 3.87. The molecule has 4 unspecified atom stereocenters. The number of alkyl halides is 4. The Morgan fingerprint density at radius 1 is 0.571 bits per heavy atom. The van der Waals surface area contributed by atoms with Crippen LogP contribution in [0.2, 0.25) is 0 Å². The van der Waals surface area contributed by atoms with Gasteiger partial charge in [-0.2, -0.15) is 0 Å². The van der Waals surface area contributed by atoms with Crippen molar-refractivity contribution in [1.82, 2.24) is 0 Å². The normalized spacial score (nSPS) is 60.0. The van der Waals surface area contributed by atoms with Gasteiger partial charge in [0.2, 0.25) is 0 Å². The number of ether oxygens (including phenoxy) is 2. The second-order valence-corrected chi connectivity index (χ2v) is 6.76. The lowest BCUT2D eigenvalue weighted by atomic mass is 10.1. The Balaban J connectivity index is 3.07. The standard InChI is InChI=1S/C8H12Cl4O2/c1-5(9)6(2,10)14-8(4,12)7(3,11)13-5/h1-4H3. The molecule has 2 nitrogen and oxygen atoms in total. The lowest BCUT2D eigenvalue weighted by Crippen LogP contribution is -2.64. The molecule has 0 aliphatic carbocycles. The van der Waals surface area contributed by atoms with Crippen LogP contribution < -0.4 is 0 Å². The maximum Gasteiger partial charge on any atom is 0.183 e. The number of hydrogen-bond donors (Lipinski definition) is 0. The summed E-state index contributed by atoms with van der Waals surface area (Å²) >= 11 is 24.2. The molecule has 1 aliphatic rings. The van der Waals surface area contributed by atoms with Gasteiger partial charge in [-0.05, 0) is 27.7 Å². The highest BCUT2D eigenvalue weighted by Crippen LogP contribution is 2.54. The average molecular weight is 282 g/mol. The summed E-state index contributed by atoms with van der Waals surface area (Å²) in [6.45, 7) is 6.31. The maximum absolute atomic E-state index is 6.05. The Morgan fingerprint density at radius 2 is 0.714 bits per heavy atom. The average Bonchev–Trinajstić information content (AvgIpc) is 1.78. The fourth-order valence-electron chi connectivity index (χ4n) is 1.08. The summed E-state index contributed by atoms with van der Waals surface area (Å²) in [5.41, 5.74) is 0. The molecule has 0 radical (unpaired) electrons. The van der Waals surface area contributed by atoms with Crippen LogP contribution in [0.4, 0.5) is 0 Å². The van der Waals surface area contributed by atoms with Crippen molar-refractivity contribution >= 4 is 46.4 Å². The zero-order valence-corrected chi connectivity index (χ0v) is 11.4. The van der Waals surface area contributed by atoms with Gasteiger partial charge in [-0.25, -0.2) is 0 Å². The van der Waals surface area contributed by atoms with Crippen molar-refractivity contribution < 1.29 is 9.47 Å². The molecule has 0 aromatic heterocycles. The predicted molar refractivity (Wildman–Crippen MR) is 59.2 cm³/mol. The van der Waals surface area contributed by atoms with E-state index >= 15 is 0 Å². The monoisotopic (exact) mass is 280 g/mol. The Hall–Kier alpha value is 1.08. The van der Waals surface area contributed by atoms with Gasteiger partial charge in [-0.1, -0.05) is 46.4 Å². The van der Waals surface area contributed by atoms with Gasteiger partial charge in [0.15, 0.2) is 20.2 Å². The zero-order chi connectivity index (χ0) is 11.4. The van der Waals surface area contributed by atoms with E-state index < -0.39 is 20.2 Å². The van der Waals surface area contributed by atoms with Crippen molar-refractivity contribution in [1.29, 1.82) is 0 Å². The van der Waals surface area contributed by atoms with Gasteiger partial charge >= 0.3 is 0 Å². The molecule has 0 spiro atoms. The van der Waals surface area contributed by atoms with E-state index in [0.29, 0.717) is 0 Å². The van der Waals surface area contributed by atoms with E-state index in [0.717, 1.165) is 0 Å². The van der Waals surface area contributed by atoms with Crippen LogP contribution in [-0.4, -0.2) is 20.2 Å².